The highest BCUT2D eigenvalue weighted by Gasteiger charge is 2.26. The molecule has 28 heavy (non-hydrogen) atoms. The Bertz CT molecular complexity index is 1190. The molecule has 1 saturated carbocycles. The van der Waals surface area contributed by atoms with Gasteiger partial charge in [0.15, 0.2) is 5.13 Å². The predicted octanol–water partition coefficient (Wildman–Crippen LogP) is 4.63. The van der Waals surface area contributed by atoms with Gasteiger partial charge in [-0.25, -0.2) is 4.98 Å². The quantitative estimate of drug-likeness (QED) is 0.540. The number of anilines is 1. The van der Waals surface area contributed by atoms with Crippen molar-refractivity contribution >= 4 is 43.5 Å². The second kappa shape index (κ2) is 6.72. The lowest BCUT2D eigenvalue weighted by Crippen LogP contribution is -2.19. The number of fused-ring (bicyclic) bond motifs is 2. The van der Waals surface area contributed by atoms with Crippen molar-refractivity contribution in [2.75, 3.05) is 12.4 Å². The molecule has 1 aliphatic carbocycles. The van der Waals surface area contributed by atoms with Crippen LogP contribution in [0, 0.1) is 0 Å². The summed E-state index contributed by atoms with van der Waals surface area (Å²) in [5.74, 6) is -0.121. The summed E-state index contributed by atoms with van der Waals surface area (Å²) in [5.41, 5.74) is 3.93. The minimum Gasteiger partial charge on any atom is -0.350 e. The average molecular weight is 391 g/mol. The van der Waals surface area contributed by atoms with Crippen molar-refractivity contribution < 1.29 is 4.79 Å². The maximum atomic E-state index is 12.8. The first kappa shape index (κ1) is 17.4. The molecule has 1 aliphatic rings. The summed E-state index contributed by atoms with van der Waals surface area (Å²) >= 11 is 1.53. The zero-order chi connectivity index (χ0) is 19.3. The highest BCUT2D eigenvalue weighted by molar-refractivity contribution is 7.22. The number of amides is 1. The Balaban J connectivity index is 1.39. The minimum absolute atomic E-state index is 0.121. The predicted molar refractivity (Wildman–Crippen MR) is 115 cm³/mol. The average Bonchev–Trinajstić information content (AvgIpc) is 3.39. The number of rotatable bonds is 5. The van der Waals surface area contributed by atoms with Crippen LogP contribution < -0.4 is 5.32 Å². The van der Waals surface area contributed by atoms with Crippen LogP contribution in [-0.4, -0.2) is 33.4 Å². The monoisotopic (exact) mass is 390 g/mol. The third-order valence-electron chi connectivity index (χ3n) is 5.42. The number of hydrogen-bond acceptors (Lipinski definition) is 4. The van der Waals surface area contributed by atoms with Crippen molar-refractivity contribution in [1.29, 1.82) is 0 Å². The molecule has 0 spiro atoms. The number of carbonyl (C=O) groups excluding carboxylic acids is 1. The molecule has 0 aliphatic heterocycles. The fourth-order valence-corrected chi connectivity index (χ4v) is 4.66. The normalized spacial score (nSPS) is 14.2. The van der Waals surface area contributed by atoms with Crippen LogP contribution >= 0.6 is 11.3 Å². The van der Waals surface area contributed by atoms with Gasteiger partial charge in [0, 0.05) is 36.7 Å². The number of thiazole rings is 1. The van der Waals surface area contributed by atoms with Gasteiger partial charge in [0.05, 0.1) is 15.8 Å². The van der Waals surface area contributed by atoms with E-state index in [-0.39, 0.29) is 5.91 Å². The lowest BCUT2D eigenvalue weighted by atomic mass is 10.1. The van der Waals surface area contributed by atoms with Gasteiger partial charge in [-0.1, -0.05) is 35.6 Å². The molecule has 1 N–H and O–H groups in total. The van der Waals surface area contributed by atoms with Gasteiger partial charge in [0.25, 0.3) is 5.91 Å². The molecular formula is C22H22N4OS. The van der Waals surface area contributed by atoms with E-state index < -0.39 is 0 Å². The summed E-state index contributed by atoms with van der Waals surface area (Å²) in [5, 5.41) is 4.58. The summed E-state index contributed by atoms with van der Waals surface area (Å²) < 4.78 is 3.08. The number of para-hydroxylation sites is 1. The molecule has 1 fully saturated rings. The maximum absolute atomic E-state index is 12.8. The molecular weight excluding hydrogens is 368 g/mol. The molecule has 5 rings (SSSR count). The number of aromatic nitrogens is 2. The van der Waals surface area contributed by atoms with Gasteiger partial charge in [-0.05, 0) is 43.7 Å². The van der Waals surface area contributed by atoms with E-state index in [9.17, 15) is 4.79 Å². The van der Waals surface area contributed by atoms with Crippen LogP contribution in [0.4, 0.5) is 5.13 Å². The first-order valence-electron chi connectivity index (χ1n) is 9.53. The minimum atomic E-state index is -0.121. The second-order valence-electron chi connectivity index (χ2n) is 7.59. The molecule has 4 aromatic rings. The van der Waals surface area contributed by atoms with Gasteiger partial charge in [-0.3, -0.25) is 15.0 Å². The summed E-state index contributed by atoms with van der Waals surface area (Å²) in [6.07, 6.45) is 4.49. The smallest absolute Gasteiger partial charge is 0.259 e. The molecule has 0 atom stereocenters. The Kier molecular flexibility index (Phi) is 4.18. The summed E-state index contributed by atoms with van der Waals surface area (Å²) in [4.78, 5) is 19.9. The molecule has 0 radical (unpaired) electrons. The Morgan fingerprint density at radius 3 is 2.93 bits per heavy atom. The van der Waals surface area contributed by atoms with Crippen LogP contribution in [0.25, 0.3) is 21.1 Å². The van der Waals surface area contributed by atoms with E-state index in [0.717, 1.165) is 33.7 Å². The van der Waals surface area contributed by atoms with Crippen LogP contribution in [0.1, 0.15) is 28.8 Å². The molecule has 5 nitrogen and oxygen atoms in total. The van der Waals surface area contributed by atoms with E-state index in [4.69, 9.17) is 0 Å². The number of nitrogens with one attached hydrogen (secondary N) is 1. The first-order chi connectivity index (χ1) is 13.6. The van der Waals surface area contributed by atoms with Crippen LogP contribution in [0.15, 0.2) is 48.7 Å². The SMILES string of the molecule is CN(Cc1ccc2nc(NC(=O)c3cn(C)c4ccccc34)sc2c1)C1CC1. The number of aryl methyl sites for hydroxylation is 1. The van der Waals surface area contributed by atoms with Crippen molar-refractivity contribution in [3.63, 3.8) is 0 Å². The van der Waals surface area contributed by atoms with Gasteiger partial charge < -0.3 is 4.57 Å². The Morgan fingerprint density at radius 1 is 1.29 bits per heavy atom. The van der Waals surface area contributed by atoms with Crippen LogP contribution in [0.2, 0.25) is 0 Å². The van der Waals surface area contributed by atoms with E-state index in [1.807, 2.05) is 42.1 Å². The third kappa shape index (κ3) is 3.19. The first-order valence-corrected chi connectivity index (χ1v) is 10.4. The number of hydrogen-bond donors (Lipinski definition) is 1. The van der Waals surface area contributed by atoms with Gasteiger partial charge in [0.1, 0.15) is 0 Å². The standard InChI is InChI=1S/C22H22N4OS/c1-25(15-8-9-15)12-14-7-10-18-20(11-14)28-22(23-18)24-21(27)17-13-26(2)19-6-4-3-5-16(17)19/h3-7,10-11,13,15H,8-9,12H2,1-2H3,(H,23,24,27). The summed E-state index contributed by atoms with van der Waals surface area (Å²) in [6.45, 7) is 0.955. The van der Waals surface area contributed by atoms with Crippen LogP contribution in [0.5, 0.6) is 0 Å². The van der Waals surface area contributed by atoms with Crippen molar-refractivity contribution in [3.8, 4) is 0 Å². The highest BCUT2D eigenvalue weighted by atomic mass is 32.1. The lowest BCUT2D eigenvalue weighted by molar-refractivity contribution is 0.102. The zero-order valence-electron chi connectivity index (χ0n) is 16.0. The molecule has 142 valence electrons. The molecule has 0 bridgehead atoms. The number of carbonyl (C=O) groups is 1. The molecule has 0 saturated heterocycles. The van der Waals surface area contributed by atoms with Crippen LogP contribution in [0.3, 0.4) is 0 Å². The van der Waals surface area contributed by atoms with E-state index in [0.29, 0.717) is 10.7 Å². The number of nitrogens with zero attached hydrogens (tertiary/aromatic N) is 3. The summed E-state index contributed by atoms with van der Waals surface area (Å²) in [7, 11) is 4.14. The fraction of sp³-hybridized carbons (Fsp3) is 0.273. The Morgan fingerprint density at radius 2 is 2.11 bits per heavy atom. The zero-order valence-corrected chi connectivity index (χ0v) is 16.8. The Labute approximate surface area is 167 Å². The van der Waals surface area contributed by atoms with Crippen LogP contribution in [-0.2, 0) is 13.6 Å². The van der Waals surface area contributed by atoms with Crippen molar-refractivity contribution in [1.82, 2.24) is 14.5 Å². The van der Waals surface area contributed by atoms with Gasteiger partial charge in [-0.2, -0.15) is 0 Å². The molecule has 1 amide bonds. The van der Waals surface area contributed by atoms with Crippen molar-refractivity contribution in [3.05, 3.63) is 59.8 Å². The van der Waals surface area contributed by atoms with Gasteiger partial charge in [0.2, 0.25) is 0 Å². The van der Waals surface area contributed by atoms with E-state index in [2.05, 4.69) is 40.4 Å². The lowest BCUT2D eigenvalue weighted by Gasteiger charge is -2.15. The fourth-order valence-electron chi connectivity index (χ4n) is 3.74. The largest absolute Gasteiger partial charge is 0.350 e. The summed E-state index contributed by atoms with van der Waals surface area (Å²) in [6, 6.07) is 15.1. The highest BCUT2D eigenvalue weighted by Crippen LogP contribution is 2.30. The molecule has 2 heterocycles. The maximum Gasteiger partial charge on any atom is 0.259 e. The molecule has 2 aromatic heterocycles. The van der Waals surface area contributed by atoms with E-state index in [1.54, 1.807) is 0 Å². The number of benzene rings is 2. The Hall–Kier alpha value is -2.70. The van der Waals surface area contributed by atoms with Gasteiger partial charge >= 0.3 is 0 Å². The van der Waals surface area contributed by atoms with E-state index >= 15 is 0 Å². The molecule has 0 unspecified atom stereocenters. The van der Waals surface area contributed by atoms with Crippen molar-refractivity contribution in [2.24, 2.45) is 7.05 Å². The molecule has 6 heteroatoms. The van der Waals surface area contributed by atoms with E-state index in [1.165, 1.54) is 29.7 Å². The second-order valence-corrected chi connectivity index (χ2v) is 8.62. The molecule has 2 aromatic carbocycles. The van der Waals surface area contributed by atoms with Crippen molar-refractivity contribution in [2.45, 2.75) is 25.4 Å². The van der Waals surface area contributed by atoms with Gasteiger partial charge in [-0.15, -0.1) is 0 Å². The third-order valence-corrected chi connectivity index (χ3v) is 6.35. The topological polar surface area (TPSA) is 50.2 Å².